The highest BCUT2D eigenvalue weighted by Crippen LogP contribution is 2.23. The first-order valence-electron chi connectivity index (χ1n) is 7.89. The van der Waals surface area contributed by atoms with Crippen molar-refractivity contribution < 1.29 is 13.6 Å². The van der Waals surface area contributed by atoms with Crippen LogP contribution in [0.2, 0.25) is 0 Å². The molecule has 1 unspecified atom stereocenters. The van der Waals surface area contributed by atoms with Crippen molar-refractivity contribution in [3.8, 4) is 0 Å². The van der Waals surface area contributed by atoms with Crippen LogP contribution in [0.15, 0.2) is 23.4 Å². The number of nitrogens with one attached hydrogen (secondary N) is 1. The monoisotopic (exact) mass is 377 g/mol. The molecule has 1 N–H and O–H groups in total. The van der Waals surface area contributed by atoms with Gasteiger partial charge in [-0.1, -0.05) is 11.8 Å². The smallest absolute Gasteiger partial charge is 0.253 e. The van der Waals surface area contributed by atoms with Crippen molar-refractivity contribution >= 4 is 29.1 Å². The zero-order chi connectivity index (χ0) is 19.0. The quantitative estimate of drug-likeness (QED) is 0.705. The Hall–Kier alpha value is -2.55. The van der Waals surface area contributed by atoms with Crippen molar-refractivity contribution in [3.63, 3.8) is 0 Å². The van der Waals surface area contributed by atoms with Gasteiger partial charge in [0.05, 0.1) is 10.9 Å². The number of rotatable bonds is 4. The van der Waals surface area contributed by atoms with Gasteiger partial charge in [-0.25, -0.2) is 18.3 Å². The van der Waals surface area contributed by atoms with Gasteiger partial charge in [-0.3, -0.25) is 4.79 Å². The molecule has 1 atom stereocenters. The molecule has 0 radical (unpaired) electrons. The summed E-state index contributed by atoms with van der Waals surface area (Å²) >= 11 is 1.13. The first-order chi connectivity index (χ1) is 12.3. The molecule has 2 heterocycles. The topological polar surface area (TPSA) is 72.2 Å². The van der Waals surface area contributed by atoms with E-state index >= 15 is 0 Å². The molecule has 0 saturated carbocycles. The summed E-state index contributed by atoms with van der Waals surface area (Å²) in [6.45, 7) is 7.44. The molecule has 0 aliphatic rings. The summed E-state index contributed by atoms with van der Waals surface area (Å²) in [4.78, 5) is 21.0. The van der Waals surface area contributed by atoms with Crippen LogP contribution >= 0.6 is 11.8 Å². The van der Waals surface area contributed by atoms with E-state index in [2.05, 4.69) is 20.4 Å². The number of halogens is 2. The molecule has 0 bridgehead atoms. The van der Waals surface area contributed by atoms with E-state index in [4.69, 9.17) is 0 Å². The number of aromatic nitrogens is 4. The van der Waals surface area contributed by atoms with Gasteiger partial charge in [0.1, 0.15) is 11.6 Å². The third-order valence-electron chi connectivity index (χ3n) is 4.08. The Morgan fingerprint density at radius 1 is 1.23 bits per heavy atom. The van der Waals surface area contributed by atoms with Crippen LogP contribution in [0.1, 0.15) is 23.9 Å². The highest BCUT2D eigenvalue weighted by atomic mass is 32.2. The van der Waals surface area contributed by atoms with Crippen LogP contribution in [0.5, 0.6) is 0 Å². The van der Waals surface area contributed by atoms with Crippen molar-refractivity contribution in [2.75, 3.05) is 5.32 Å². The average Bonchev–Trinajstić information content (AvgIpc) is 2.97. The fraction of sp³-hybridized carbons (Fsp3) is 0.294. The number of fused-ring (bicyclic) bond motifs is 1. The Kier molecular flexibility index (Phi) is 4.90. The number of carbonyl (C=O) groups excluding carboxylic acids is 1. The molecule has 1 aromatic carbocycles. The SMILES string of the molecule is Cc1nc2nc(SC(C)C(=O)Nc3ccc(F)cc3F)nn2c(C)c1C. The lowest BCUT2D eigenvalue weighted by molar-refractivity contribution is -0.115. The zero-order valence-electron chi connectivity index (χ0n) is 14.7. The molecule has 9 heteroatoms. The van der Waals surface area contributed by atoms with Gasteiger partial charge in [-0.2, -0.15) is 4.98 Å². The molecule has 1 amide bonds. The molecule has 3 rings (SSSR count). The lowest BCUT2D eigenvalue weighted by Gasteiger charge is -2.10. The molecule has 0 fully saturated rings. The van der Waals surface area contributed by atoms with E-state index in [1.165, 1.54) is 6.07 Å². The van der Waals surface area contributed by atoms with Crippen molar-refractivity contribution in [3.05, 3.63) is 46.8 Å². The number of carbonyl (C=O) groups is 1. The van der Waals surface area contributed by atoms with Crippen LogP contribution in [-0.2, 0) is 4.79 Å². The number of hydrogen-bond donors (Lipinski definition) is 1. The predicted octanol–water partition coefficient (Wildman–Crippen LogP) is 3.45. The maximum Gasteiger partial charge on any atom is 0.253 e. The second-order valence-corrected chi connectivity index (χ2v) is 7.20. The Balaban J connectivity index is 1.77. The summed E-state index contributed by atoms with van der Waals surface area (Å²) < 4.78 is 28.2. The number of anilines is 1. The van der Waals surface area contributed by atoms with Crippen molar-refractivity contribution in [2.24, 2.45) is 0 Å². The minimum Gasteiger partial charge on any atom is -0.323 e. The maximum absolute atomic E-state index is 13.7. The Bertz CT molecular complexity index is 1000. The van der Waals surface area contributed by atoms with E-state index in [0.717, 1.165) is 40.8 Å². The lowest BCUT2D eigenvalue weighted by Crippen LogP contribution is -2.23. The van der Waals surface area contributed by atoms with Crippen LogP contribution in [0.25, 0.3) is 5.78 Å². The molecule has 0 saturated heterocycles. The summed E-state index contributed by atoms with van der Waals surface area (Å²) in [5, 5.41) is 6.63. The van der Waals surface area contributed by atoms with Crippen LogP contribution in [-0.4, -0.2) is 30.7 Å². The van der Waals surface area contributed by atoms with E-state index < -0.39 is 22.8 Å². The van der Waals surface area contributed by atoms with E-state index in [9.17, 15) is 13.6 Å². The standard InChI is InChI=1S/C17H17F2N5OS/c1-8-9(2)20-16-22-17(23-24(16)10(8)3)26-11(4)15(25)21-14-6-5-12(18)7-13(14)19/h5-7,11H,1-4H3,(H,21,25). The number of thioether (sulfide) groups is 1. The Labute approximate surface area is 153 Å². The number of amides is 1. The van der Waals surface area contributed by atoms with Gasteiger partial charge < -0.3 is 5.32 Å². The summed E-state index contributed by atoms with van der Waals surface area (Å²) in [7, 11) is 0. The van der Waals surface area contributed by atoms with Crippen molar-refractivity contribution in [2.45, 2.75) is 38.1 Å². The maximum atomic E-state index is 13.7. The second-order valence-electron chi connectivity index (χ2n) is 5.89. The van der Waals surface area contributed by atoms with Crippen LogP contribution in [0.3, 0.4) is 0 Å². The fourth-order valence-electron chi connectivity index (χ4n) is 2.32. The van der Waals surface area contributed by atoms with Crippen molar-refractivity contribution in [1.82, 2.24) is 19.6 Å². The van der Waals surface area contributed by atoms with Gasteiger partial charge in [0.25, 0.3) is 5.78 Å². The number of nitrogens with zero attached hydrogens (tertiary/aromatic N) is 4. The molecular weight excluding hydrogens is 360 g/mol. The van der Waals surface area contributed by atoms with Crippen LogP contribution < -0.4 is 5.32 Å². The zero-order valence-corrected chi connectivity index (χ0v) is 15.5. The largest absolute Gasteiger partial charge is 0.323 e. The lowest BCUT2D eigenvalue weighted by atomic mass is 10.2. The van der Waals surface area contributed by atoms with Gasteiger partial charge in [-0.15, -0.1) is 5.10 Å². The molecule has 0 aliphatic carbocycles. The number of benzene rings is 1. The molecule has 26 heavy (non-hydrogen) atoms. The van der Waals surface area contributed by atoms with E-state index in [-0.39, 0.29) is 5.69 Å². The number of hydrogen-bond acceptors (Lipinski definition) is 5. The normalized spacial score (nSPS) is 12.4. The van der Waals surface area contributed by atoms with Gasteiger partial charge in [-0.05, 0) is 45.4 Å². The minimum atomic E-state index is -0.827. The first-order valence-corrected chi connectivity index (χ1v) is 8.77. The highest BCUT2D eigenvalue weighted by molar-refractivity contribution is 8.00. The average molecular weight is 377 g/mol. The number of aryl methyl sites for hydroxylation is 2. The molecule has 0 spiro atoms. The van der Waals surface area contributed by atoms with Gasteiger partial charge >= 0.3 is 0 Å². The van der Waals surface area contributed by atoms with Crippen LogP contribution in [0.4, 0.5) is 14.5 Å². The van der Waals surface area contributed by atoms with E-state index in [1.54, 1.807) is 11.4 Å². The fourth-order valence-corrected chi connectivity index (χ4v) is 3.07. The minimum absolute atomic E-state index is 0.0735. The molecule has 0 aliphatic heterocycles. The summed E-state index contributed by atoms with van der Waals surface area (Å²) in [6.07, 6.45) is 0. The summed E-state index contributed by atoms with van der Waals surface area (Å²) in [6, 6.07) is 2.98. The van der Waals surface area contributed by atoms with Crippen molar-refractivity contribution in [1.29, 1.82) is 0 Å². The third-order valence-corrected chi connectivity index (χ3v) is 5.03. The van der Waals surface area contributed by atoms with Gasteiger partial charge in [0.15, 0.2) is 0 Å². The molecule has 2 aromatic heterocycles. The van der Waals surface area contributed by atoms with E-state index in [0.29, 0.717) is 10.9 Å². The van der Waals surface area contributed by atoms with Crippen LogP contribution in [0, 0.1) is 32.4 Å². The molecule has 136 valence electrons. The highest BCUT2D eigenvalue weighted by Gasteiger charge is 2.20. The second kappa shape index (κ2) is 6.99. The molecular formula is C17H17F2N5OS. The first kappa shape index (κ1) is 18.2. The van der Waals surface area contributed by atoms with E-state index in [1.807, 2.05) is 20.8 Å². The Morgan fingerprint density at radius 2 is 1.96 bits per heavy atom. The predicted molar refractivity (Wildman–Crippen MR) is 95.3 cm³/mol. The van der Waals surface area contributed by atoms with Gasteiger partial charge in [0, 0.05) is 17.5 Å². The Morgan fingerprint density at radius 3 is 2.65 bits per heavy atom. The third kappa shape index (κ3) is 3.52. The molecule has 3 aromatic rings. The van der Waals surface area contributed by atoms with Gasteiger partial charge in [0.2, 0.25) is 11.1 Å². The summed E-state index contributed by atoms with van der Waals surface area (Å²) in [5.74, 6) is -1.50. The molecule has 6 nitrogen and oxygen atoms in total. The summed E-state index contributed by atoms with van der Waals surface area (Å²) in [5.41, 5.74) is 2.75.